The molecule has 0 aromatic rings. The maximum absolute atomic E-state index is 9.22. The lowest BCUT2D eigenvalue weighted by Gasteiger charge is -2.27. The van der Waals surface area contributed by atoms with Gasteiger partial charge in [0.1, 0.15) is 24.4 Å². The second-order valence-electron chi connectivity index (χ2n) is 2.81. The van der Waals surface area contributed by atoms with Gasteiger partial charge in [-0.25, -0.2) is 0 Å². The molecular weight excluding hydrogens is 152 g/mol. The Labute approximate surface area is 63.2 Å². The lowest BCUT2D eigenvalue weighted by Crippen LogP contribution is -2.48. The summed E-state index contributed by atoms with van der Waals surface area (Å²) >= 11 is 0. The molecule has 3 N–H and O–H groups in total. The van der Waals surface area contributed by atoms with Gasteiger partial charge >= 0.3 is 0 Å². The second kappa shape index (κ2) is 2.40. The average Bonchev–Trinajstić information content (AvgIpc) is 2.75. The van der Waals surface area contributed by atoms with Gasteiger partial charge in [0.25, 0.3) is 0 Å². The molecule has 64 valence electrons. The van der Waals surface area contributed by atoms with Crippen LogP contribution in [0.4, 0.5) is 0 Å². The fraction of sp³-hybridized carbons (Fsp3) is 1.00. The Morgan fingerprint density at radius 2 is 1.82 bits per heavy atom. The van der Waals surface area contributed by atoms with E-state index >= 15 is 0 Å². The fourth-order valence-electron chi connectivity index (χ4n) is 1.28. The van der Waals surface area contributed by atoms with Crippen LogP contribution in [0.2, 0.25) is 0 Å². The molecular formula is C6H10O5. The summed E-state index contributed by atoms with van der Waals surface area (Å²) in [5, 5.41) is 27.1. The van der Waals surface area contributed by atoms with Crippen LogP contribution in [0.25, 0.3) is 0 Å². The van der Waals surface area contributed by atoms with Crippen molar-refractivity contribution in [3.63, 3.8) is 0 Å². The summed E-state index contributed by atoms with van der Waals surface area (Å²) in [5.74, 6) is 0. The summed E-state index contributed by atoms with van der Waals surface area (Å²) in [6.07, 6.45) is -3.50. The number of epoxide rings is 1. The van der Waals surface area contributed by atoms with Crippen LogP contribution in [0.1, 0.15) is 0 Å². The van der Waals surface area contributed by atoms with Gasteiger partial charge in [-0.15, -0.1) is 0 Å². The van der Waals surface area contributed by atoms with Crippen LogP contribution in [-0.4, -0.2) is 52.6 Å². The molecule has 0 spiro atoms. The van der Waals surface area contributed by atoms with Crippen LogP contribution in [0.3, 0.4) is 0 Å². The zero-order valence-electron chi connectivity index (χ0n) is 5.75. The van der Waals surface area contributed by atoms with Crippen molar-refractivity contribution in [3.8, 4) is 0 Å². The Balaban J connectivity index is 2.03. The molecule has 5 nitrogen and oxygen atoms in total. The molecule has 2 unspecified atom stereocenters. The number of hydrogen-bond acceptors (Lipinski definition) is 5. The standard InChI is InChI=1S/C6H10O5/c7-1-2-3(8)4(9)5-6(10-2)11-5/h2-9H,1H2/t2-,3-,4+,5?,6?/m1/s1. The summed E-state index contributed by atoms with van der Waals surface area (Å²) in [6, 6.07) is 0. The van der Waals surface area contributed by atoms with Gasteiger partial charge in [0, 0.05) is 0 Å². The molecule has 0 radical (unpaired) electrons. The molecule has 0 aromatic carbocycles. The first-order valence-electron chi connectivity index (χ1n) is 3.52. The largest absolute Gasteiger partial charge is 0.394 e. The molecule has 5 heteroatoms. The predicted molar refractivity (Wildman–Crippen MR) is 32.6 cm³/mol. The van der Waals surface area contributed by atoms with E-state index in [-0.39, 0.29) is 6.61 Å². The maximum atomic E-state index is 9.22. The van der Waals surface area contributed by atoms with E-state index in [9.17, 15) is 10.2 Å². The Kier molecular flexibility index (Phi) is 1.62. The van der Waals surface area contributed by atoms with Crippen LogP contribution < -0.4 is 0 Å². The third-order valence-corrected chi connectivity index (χ3v) is 2.04. The van der Waals surface area contributed by atoms with E-state index in [1.165, 1.54) is 0 Å². The summed E-state index contributed by atoms with van der Waals surface area (Å²) in [7, 11) is 0. The van der Waals surface area contributed by atoms with Crippen molar-refractivity contribution in [2.45, 2.75) is 30.7 Å². The van der Waals surface area contributed by atoms with E-state index in [4.69, 9.17) is 14.6 Å². The molecule has 2 rings (SSSR count). The van der Waals surface area contributed by atoms with Crippen molar-refractivity contribution in [2.24, 2.45) is 0 Å². The van der Waals surface area contributed by atoms with E-state index in [2.05, 4.69) is 0 Å². The van der Waals surface area contributed by atoms with E-state index in [1.54, 1.807) is 0 Å². The molecule has 2 saturated heterocycles. The normalized spacial score (nSPS) is 55.4. The minimum atomic E-state index is -1.04. The zero-order valence-corrected chi connectivity index (χ0v) is 5.75. The first-order valence-corrected chi connectivity index (χ1v) is 3.52. The Morgan fingerprint density at radius 1 is 1.09 bits per heavy atom. The quantitative estimate of drug-likeness (QED) is 0.382. The molecule has 0 saturated carbocycles. The van der Waals surface area contributed by atoms with Crippen LogP contribution in [0.15, 0.2) is 0 Å². The van der Waals surface area contributed by atoms with Crippen LogP contribution >= 0.6 is 0 Å². The van der Waals surface area contributed by atoms with Crippen molar-refractivity contribution < 1.29 is 24.8 Å². The van der Waals surface area contributed by atoms with Gasteiger partial charge < -0.3 is 24.8 Å². The minimum absolute atomic E-state index is 0.301. The van der Waals surface area contributed by atoms with Crippen molar-refractivity contribution in [1.82, 2.24) is 0 Å². The zero-order chi connectivity index (χ0) is 8.01. The van der Waals surface area contributed by atoms with Crippen molar-refractivity contribution in [2.75, 3.05) is 6.61 Å². The summed E-state index contributed by atoms with van der Waals surface area (Å²) < 4.78 is 9.86. The van der Waals surface area contributed by atoms with Crippen molar-refractivity contribution >= 4 is 0 Å². The molecule has 2 aliphatic heterocycles. The van der Waals surface area contributed by atoms with E-state index in [1.807, 2.05) is 0 Å². The highest BCUT2D eigenvalue weighted by atomic mass is 16.8. The van der Waals surface area contributed by atoms with Gasteiger partial charge in [-0.05, 0) is 0 Å². The van der Waals surface area contributed by atoms with Gasteiger partial charge in [-0.2, -0.15) is 0 Å². The fourth-order valence-corrected chi connectivity index (χ4v) is 1.28. The molecule has 0 bridgehead atoms. The summed E-state index contributed by atoms with van der Waals surface area (Å²) in [5.41, 5.74) is 0. The second-order valence-corrected chi connectivity index (χ2v) is 2.81. The number of fused-ring (bicyclic) bond motifs is 1. The first kappa shape index (κ1) is 7.45. The highest BCUT2D eigenvalue weighted by Crippen LogP contribution is 2.35. The number of rotatable bonds is 1. The number of ether oxygens (including phenoxy) is 2. The smallest absolute Gasteiger partial charge is 0.187 e. The number of hydrogen-bond donors (Lipinski definition) is 3. The van der Waals surface area contributed by atoms with Crippen molar-refractivity contribution in [3.05, 3.63) is 0 Å². The molecule has 2 heterocycles. The summed E-state index contributed by atoms with van der Waals surface area (Å²) in [4.78, 5) is 0. The molecule has 11 heavy (non-hydrogen) atoms. The highest BCUT2D eigenvalue weighted by molar-refractivity contribution is 4.96. The Morgan fingerprint density at radius 3 is 2.45 bits per heavy atom. The SMILES string of the molecule is OC[C@H]1OC2OC2[C@@H](O)[C@@H]1O. The monoisotopic (exact) mass is 162 g/mol. The van der Waals surface area contributed by atoms with Gasteiger partial charge in [-0.3, -0.25) is 0 Å². The lowest BCUT2D eigenvalue weighted by atomic mass is 10.0. The average molecular weight is 162 g/mol. The van der Waals surface area contributed by atoms with E-state index < -0.39 is 30.7 Å². The number of aliphatic hydroxyl groups is 3. The predicted octanol–water partition coefficient (Wildman–Crippen LogP) is -2.18. The Hall–Kier alpha value is -0.200. The van der Waals surface area contributed by atoms with E-state index in [0.717, 1.165) is 0 Å². The van der Waals surface area contributed by atoms with E-state index in [0.29, 0.717) is 0 Å². The first-order chi connectivity index (χ1) is 5.24. The third kappa shape index (κ3) is 1.05. The molecule has 2 fully saturated rings. The van der Waals surface area contributed by atoms with Gasteiger partial charge in [0.2, 0.25) is 0 Å². The highest BCUT2D eigenvalue weighted by Gasteiger charge is 2.55. The minimum Gasteiger partial charge on any atom is -0.394 e. The van der Waals surface area contributed by atoms with Crippen molar-refractivity contribution in [1.29, 1.82) is 0 Å². The van der Waals surface area contributed by atoms with Gasteiger partial charge in [0.05, 0.1) is 6.61 Å². The van der Waals surface area contributed by atoms with Crippen LogP contribution in [0, 0.1) is 0 Å². The number of aliphatic hydroxyl groups excluding tert-OH is 3. The molecule has 5 atom stereocenters. The maximum Gasteiger partial charge on any atom is 0.187 e. The topological polar surface area (TPSA) is 82.5 Å². The molecule has 0 aromatic heterocycles. The third-order valence-electron chi connectivity index (χ3n) is 2.04. The molecule has 0 aliphatic carbocycles. The molecule has 0 amide bonds. The Bertz CT molecular complexity index is 161. The van der Waals surface area contributed by atoms with Gasteiger partial charge in [0.15, 0.2) is 6.29 Å². The van der Waals surface area contributed by atoms with Crippen LogP contribution in [-0.2, 0) is 9.47 Å². The molecule has 2 aliphatic rings. The summed E-state index contributed by atoms with van der Waals surface area (Å²) in [6.45, 7) is -0.301. The lowest BCUT2D eigenvalue weighted by molar-refractivity contribution is -0.144. The van der Waals surface area contributed by atoms with Gasteiger partial charge in [-0.1, -0.05) is 0 Å². The van der Waals surface area contributed by atoms with Crippen LogP contribution in [0.5, 0.6) is 0 Å².